The maximum atomic E-state index is 5.79. The standard InChI is InChI=1S/C12H11BrN2/c13-8-12-10(14)6-7-11(15-12)9-4-2-1-3-5-9/h1-7H,8,14H2. The Bertz CT molecular complexity index is 454. The van der Waals surface area contributed by atoms with Gasteiger partial charge in [0.1, 0.15) is 0 Å². The highest BCUT2D eigenvalue weighted by molar-refractivity contribution is 9.08. The molecule has 2 N–H and O–H groups in total. The van der Waals surface area contributed by atoms with Gasteiger partial charge in [-0.15, -0.1) is 0 Å². The molecule has 15 heavy (non-hydrogen) atoms. The van der Waals surface area contributed by atoms with Crippen molar-refractivity contribution in [3.8, 4) is 11.3 Å². The number of nitrogen functional groups attached to an aromatic ring is 1. The highest BCUT2D eigenvalue weighted by atomic mass is 79.9. The van der Waals surface area contributed by atoms with Crippen LogP contribution >= 0.6 is 15.9 Å². The molecule has 2 rings (SSSR count). The molecule has 0 aliphatic rings. The Morgan fingerprint density at radius 1 is 1.07 bits per heavy atom. The Kier molecular flexibility index (Phi) is 3.02. The molecule has 0 atom stereocenters. The van der Waals surface area contributed by atoms with Crippen LogP contribution in [0.25, 0.3) is 11.3 Å². The number of aromatic nitrogens is 1. The van der Waals surface area contributed by atoms with E-state index in [1.54, 1.807) is 0 Å². The maximum absolute atomic E-state index is 5.79. The van der Waals surface area contributed by atoms with Crippen molar-refractivity contribution in [3.05, 3.63) is 48.2 Å². The fraction of sp³-hybridized carbons (Fsp3) is 0.0833. The average Bonchev–Trinajstić information content (AvgIpc) is 2.31. The predicted molar refractivity (Wildman–Crippen MR) is 66.7 cm³/mol. The van der Waals surface area contributed by atoms with Gasteiger partial charge < -0.3 is 5.73 Å². The zero-order valence-electron chi connectivity index (χ0n) is 8.15. The SMILES string of the molecule is Nc1ccc(-c2ccccc2)nc1CBr. The minimum atomic E-state index is 0.680. The van der Waals surface area contributed by atoms with Gasteiger partial charge >= 0.3 is 0 Å². The molecule has 0 aliphatic heterocycles. The molecule has 0 fully saturated rings. The summed E-state index contributed by atoms with van der Waals surface area (Å²) in [4.78, 5) is 4.49. The third kappa shape index (κ3) is 2.18. The molecule has 1 aromatic carbocycles. The van der Waals surface area contributed by atoms with E-state index in [1.165, 1.54) is 0 Å². The van der Waals surface area contributed by atoms with Crippen molar-refractivity contribution in [2.75, 3.05) is 5.73 Å². The van der Waals surface area contributed by atoms with E-state index < -0.39 is 0 Å². The van der Waals surface area contributed by atoms with Crippen LogP contribution in [-0.2, 0) is 5.33 Å². The van der Waals surface area contributed by atoms with Gasteiger partial charge in [0.25, 0.3) is 0 Å². The van der Waals surface area contributed by atoms with Gasteiger partial charge in [-0.25, -0.2) is 4.98 Å². The Morgan fingerprint density at radius 2 is 1.80 bits per heavy atom. The average molecular weight is 263 g/mol. The number of alkyl halides is 1. The van der Waals surface area contributed by atoms with Gasteiger partial charge in [0.2, 0.25) is 0 Å². The number of hydrogen-bond acceptors (Lipinski definition) is 2. The van der Waals surface area contributed by atoms with Gasteiger partial charge in [-0.1, -0.05) is 46.3 Å². The second kappa shape index (κ2) is 4.45. The quantitative estimate of drug-likeness (QED) is 0.845. The zero-order valence-corrected chi connectivity index (χ0v) is 9.74. The lowest BCUT2D eigenvalue weighted by Crippen LogP contribution is -1.96. The van der Waals surface area contributed by atoms with Crippen molar-refractivity contribution in [1.29, 1.82) is 0 Å². The number of halogens is 1. The van der Waals surface area contributed by atoms with E-state index in [0.717, 1.165) is 22.6 Å². The Morgan fingerprint density at radius 3 is 2.47 bits per heavy atom. The number of rotatable bonds is 2. The van der Waals surface area contributed by atoms with Gasteiger partial charge in [0, 0.05) is 10.9 Å². The van der Waals surface area contributed by atoms with E-state index >= 15 is 0 Å². The lowest BCUT2D eigenvalue weighted by atomic mass is 10.1. The first-order chi connectivity index (χ1) is 7.31. The molecule has 1 heterocycles. The summed E-state index contributed by atoms with van der Waals surface area (Å²) in [6.45, 7) is 0. The molecule has 0 amide bonds. The molecule has 0 bridgehead atoms. The molecule has 0 aliphatic carbocycles. The van der Waals surface area contributed by atoms with E-state index in [4.69, 9.17) is 5.73 Å². The summed E-state index contributed by atoms with van der Waals surface area (Å²) in [6.07, 6.45) is 0. The first kappa shape index (κ1) is 10.2. The maximum Gasteiger partial charge on any atom is 0.0745 e. The third-order valence-electron chi connectivity index (χ3n) is 2.21. The summed E-state index contributed by atoms with van der Waals surface area (Å²) in [5, 5.41) is 0.680. The molecule has 1 aromatic heterocycles. The first-order valence-corrected chi connectivity index (χ1v) is 5.80. The van der Waals surface area contributed by atoms with Crippen LogP contribution in [0.5, 0.6) is 0 Å². The highest BCUT2D eigenvalue weighted by Gasteiger charge is 2.03. The van der Waals surface area contributed by atoms with Gasteiger partial charge in [-0.05, 0) is 12.1 Å². The topological polar surface area (TPSA) is 38.9 Å². The number of hydrogen-bond donors (Lipinski definition) is 1. The first-order valence-electron chi connectivity index (χ1n) is 4.68. The van der Waals surface area contributed by atoms with Crippen LogP contribution < -0.4 is 5.73 Å². The number of nitrogens with two attached hydrogens (primary N) is 1. The Balaban J connectivity index is 2.46. The molecule has 0 radical (unpaired) electrons. The molecular formula is C12H11BrN2. The molecule has 0 saturated carbocycles. The predicted octanol–water partition coefficient (Wildman–Crippen LogP) is 3.23. The molecule has 2 aromatic rings. The van der Waals surface area contributed by atoms with Crippen LogP contribution in [0.15, 0.2) is 42.5 Å². The van der Waals surface area contributed by atoms with E-state index in [1.807, 2.05) is 42.5 Å². The molecule has 76 valence electrons. The van der Waals surface area contributed by atoms with E-state index in [-0.39, 0.29) is 0 Å². The summed E-state index contributed by atoms with van der Waals surface area (Å²) in [5.41, 5.74) is 9.47. The van der Waals surface area contributed by atoms with Crippen molar-refractivity contribution in [1.82, 2.24) is 4.98 Å². The number of nitrogens with zero attached hydrogens (tertiary/aromatic N) is 1. The van der Waals surface area contributed by atoms with Crippen molar-refractivity contribution >= 4 is 21.6 Å². The summed E-state index contributed by atoms with van der Waals surface area (Å²) >= 11 is 3.37. The lowest BCUT2D eigenvalue weighted by Gasteiger charge is -2.05. The molecule has 0 saturated heterocycles. The minimum Gasteiger partial charge on any atom is -0.397 e. The van der Waals surface area contributed by atoms with E-state index in [0.29, 0.717) is 5.33 Å². The molecular weight excluding hydrogens is 252 g/mol. The fourth-order valence-corrected chi connectivity index (χ4v) is 1.84. The minimum absolute atomic E-state index is 0.680. The number of benzene rings is 1. The van der Waals surface area contributed by atoms with Crippen LogP contribution in [0.2, 0.25) is 0 Å². The van der Waals surface area contributed by atoms with Crippen LogP contribution in [-0.4, -0.2) is 4.98 Å². The van der Waals surface area contributed by atoms with Crippen molar-refractivity contribution in [3.63, 3.8) is 0 Å². The van der Waals surface area contributed by atoms with Crippen molar-refractivity contribution in [2.45, 2.75) is 5.33 Å². The van der Waals surface area contributed by atoms with Gasteiger partial charge in [0.05, 0.1) is 17.1 Å². The smallest absolute Gasteiger partial charge is 0.0745 e. The fourth-order valence-electron chi connectivity index (χ4n) is 1.39. The number of anilines is 1. The third-order valence-corrected chi connectivity index (χ3v) is 2.74. The summed E-state index contributed by atoms with van der Waals surface area (Å²) in [6, 6.07) is 13.9. The van der Waals surface area contributed by atoms with Gasteiger partial charge in [0.15, 0.2) is 0 Å². The summed E-state index contributed by atoms with van der Waals surface area (Å²) in [7, 11) is 0. The molecule has 0 spiro atoms. The normalized spacial score (nSPS) is 10.2. The zero-order chi connectivity index (χ0) is 10.7. The van der Waals surface area contributed by atoms with Crippen LogP contribution in [0.3, 0.4) is 0 Å². The van der Waals surface area contributed by atoms with Crippen LogP contribution in [0, 0.1) is 0 Å². The van der Waals surface area contributed by atoms with Gasteiger partial charge in [-0.2, -0.15) is 0 Å². The van der Waals surface area contributed by atoms with Crippen LogP contribution in [0.4, 0.5) is 5.69 Å². The highest BCUT2D eigenvalue weighted by Crippen LogP contribution is 2.21. The lowest BCUT2D eigenvalue weighted by molar-refractivity contribution is 1.19. The van der Waals surface area contributed by atoms with E-state index in [9.17, 15) is 0 Å². The summed E-state index contributed by atoms with van der Waals surface area (Å²) < 4.78 is 0. The summed E-state index contributed by atoms with van der Waals surface area (Å²) in [5.74, 6) is 0. The second-order valence-electron chi connectivity index (χ2n) is 3.23. The molecule has 2 nitrogen and oxygen atoms in total. The van der Waals surface area contributed by atoms with Crippen molar-refractivity contribution in [2.24, 2.45) is 0 Å². The van der Waals surface area contributed by atoms with Crippen molar-refractivity contribution < 1.29 is 0 Å². The second-order valence-corrected chi connectivity index (χ2v) is 3.79. The monoisotopic (exact) mass is 262 g/mol. The van der Waals surface area contributed by atoms with E-state index in [2.05, 4.69) is 20.9 Å². The largest absolute Gasteiger partial charge is 0.397 e. The number of pyridine rings is 1. The molecule has 3 heteroatoms. The Hall–Kier alpha value is -1.35. The van der Waals surface area contributed by atoms with Gasteiger partial charge in [-0.3, -0.25) is 0 Å². The van der Waals surface area contributed by atoms with Crippen LogP contribution in [0.1, 0.15) is 5.69 Å². The molecule has 0 unspecified atom stereocenters. The Labute approximate surface area is 97.3 Å².